The molecular weight excluding hydrogens is 258 g/mol. The summed E-state index contributed by atoms with van der Waals surface area (Å²) >= 11 is 0. The molecule has 0 radical (unpaired) electrons. The normalized spacial score (nSPS) is 19.0. The number of fused-ring (bicyclic) bond motifs is 1. The van der Waals surface area contributed by atoms with Gasteiger partial charge in [0.05, 0.1) is 6.20 Å². The maximum absolute atomic E-state index is 11.3. The molecule has 0 amide bonds. The molecule has 2 aromatic heterocycles. The first-order chi connectivity index (χ1) is 9.66. The largest absolute Gasteiger partial charge is 0.358 e. The molecule has 0 spiro atoms. The molecule has 0 aromatic carbocycles. The number of aromatic nitrogens is 2. The van der Waals surface area contributed by atoms with Gasteiger partial charge in [-0.3, -0.25) is 4.90 Å². The van der Waals surface area contributed by atoms with Gasteiger partial charge in [0.1, 0.15) is 0 Å². The van der Waals surface area contributed by atoms with E-state index < -0.39 is 0 Å². The Hall–Kier alpha value is -1.99. The zero-order valence-electron chi connectivity index (χ0n) is 11.3. The fraction of sp³-hybridized carbons (Fsp3) is 0.462. The van der Waals surface area contributed by atoms with Crippen LogP contribution in [0.5, 0.6) is 0 Å². The van der Waals surface area contributed by atoms with E-state index in [9.17, 15) is 10.1 Å². The number of nitro groups is 1. The molecule has 1 aliphatic heterocycles. The maximum Gasteiger partial charge on any atom is 0.352 e. The third-order valence-corrected chi connectivity index (χ3v) is 3.80. The highest BCUT2D eigenvalue weighted by Gasteiger charge is 2.26. The molecule has 1 saturated heterocycles. The average molecular weight is 275 g/mol. The Morgan fingerprint density at radius 3 is 3.15 bits per heavy atom. The predicted molar refractivity (Wildman–Crippen MR) is 74.6 cm³/mol. The number of nitrogens with zero attached hydrogens (tertiary/aromatic N) is 4. The Labute approximate surface area is 116 Å². The number of hydrogen-bond acceptors (Lipinski definition) is 5. The van der Waals surface area contributed by atoms with Gasteiger partial charge in [0.15, 0.2) is 5.69 Å². The van der Waals surface area contributed by atoms with Gasteiger partial charge in [0.2, 0.25) is 5.65 Å². The highest BCUT2D eigenvalue weighted by Crippen LogP contribution is 2.22. The van der Waals surface area contributed by atoms with Gasteiger partial charge in [-0.15, -0.1) is 0 Å². The van der Waals surface area contributed by atoms with Crippen LogP contribution in [0.15, 0.2) is 24.4 Å². The lowest BCUT2D eigenvalue weighted by atomic mass is 10.2. The van der Waals surface area contributed by atoms with E-state index in [2.05, 4.69) is 15.2 Å². The molecule has 1 aliphatic rings. The van der Waals surface area contributed by atoms with Gasteiger partial charge in [-0.05, 0) is 31.0 Å². The summed E-state index contributed by atoms with van der Waals surface area (Å²) in [5, 5.41) is 14.6. The first-order valence-electron chi connectivity index (χ1n) is 6.68. The molecular formula is C13H17N5O2. The first kappa shape index (κ1) is 13.0. The van der Waals surface area contributed by atoms with Crippen LogP contribution in [0.25, 0.3) is 5.65 Å². The van der Waals surface area contributed by atoms with E-state index in [4.69, 9.17) is 0 Å². The van der Waals surface area contributed by atoms with Gasteiger partial charge in [-0.1, -0.05) is 6.07 Å². The summed E-state index contributed by atoms with van der Waals surface area (Å²) in [6.07, 6.45) is 2.75. The smallest absolute Gasteiger partial charge is 0.352 e. The topological polar surface area (TPSA) is 75.7 Å². The van der Waals surface area contributed by atoms with Crippen molar-refractivity contribution >= 4 is 11.5 Å². The molecule has 1 atom stereocenters. The van der Waals surface area contributed by atoms with Gasteiger partial charge in [-0.2, -0.15) is 4.40 Å². The van der Waals surface area contributed by atoms with Crippen molar-refractivity contribution in [3.05, 3.63) is 40.2 Å². The molecule has 7 nitrogen and oxygen atoms in total. The minimum Gasteiger partial charge on any atom is -0.358 e. The highest BCUT2D eigenvalue weighted by molar-refractivity contribution is 5.48. The van der Waals surface area contributed by atoms with Crippen molar-refractivity contribution in [3.63, 3.8) is 0 Å². The van der Waals surface area contributed by atoms with Crippen LogP contribution in [0.4, 0.5) is 5.82 Å². The Kier molecular flexibility index (Phi) is 3.37. The zero-order valence-corrected chi connectivity index (χ0v) is 11.3. The lowest BCUT2D eigenvalue weighted by Gasteiger charge is -2.21. The van der Waals surface area contributed by atoms with Crippen molar-refractivity contribution in [2.75, 3.05) is 20.1 Å². The van der Waals surface area contributed by atoms with E-state index in [-0.39, 0.29) is 10.7 Å². The number of rotatable bonds is 4. The standard InChI is InChI=1S/C13H17N5O2/c1-16(10-5-6-14-8-10)9-11-13(18(19)20)17-7-3-2-4-12(17)15-11/h2-4,7,10,14H,5-6,8-9H2,1H3. The van der Waals surface area contributed by atoms with Gasteiger partial charge < -0.3 is 15.4 Å². The minimum absolute atomic E-state index is 0.0680. The number of pyridine rings is 1. The van der Waals surface area contributed by atoms with Crippen LogP contribution >= 0.6 is 0 Å². The SMILES string of the molecule is CN(Cc1nc2ccccn2c1[N+](=O)[O-])C1CCNC1. The van der Waals surface area contributed by atoms with Crippen LogP contribution in [0, 0.1) is 10.1 Å². The van der Waals surface area contributed by atoms with E-state index in [1.54, 1.807) is 18.3 Å². The van der Waals surface area contributed by atoms with E-state index in [0.717, 1.165) is 19.5 Å². The number of nitrogens with one attached hydrogen (secondary N) is 1. The fourth-order valence-electron chi connectivity index (χ4n) is 2.71. The molecule has 1 unspecified atom stereocenters. The molecule has 3 heterocycles. The van der Waals surface area contributed by atoms with E-state index in [1.165, 1.54) is 4.40 Å². The molecule has 20 heavy (non-hydrogen) atoms. The molecule has 0 saturated carbocycles. The molecule has 2 aromatic rings. The number of imidazole rings is 1. The first-order valence-corrected chi connectivity index (χ1v) is 6.68. The lowest BCUT2D eigenvalue weighted by molar-refractivity contribution is -0.391. The van der Waals surface area contributed by atoms with Crippen LogP contribution < -0.4 is 5.32 Å². The van der Waals surface area contributed by atoms with Crippen molar-refractivity contribution in [3.8, 4) is 0 Å². The van der Waals surface area contributed by atoms with Gasteiger partial charge >= 0.3 is 5.82 Å². The van der Waals surface area contributed by atoms with Crippen molar-refractivity contribution in [1.29, 1.82) is 0 Å². The van der Waals surface area contributed by atoms with Crippen LogP contribution in [0.3, 0.4) is 0 Å². The molecule has 0 aliphatic carbocycles. The minimum atomic E-state index is -0.351. The Bertz CT molecular complexity index is 633. The lowest BCUT2D eigenvalue weighted by Crippen LogP contribution is -2.33. The van der Waals surface area contributed by atoms with E-state index in [0.29, 0.717) is 23.9 Å². The summed E-state index contributed by atoms with van der Waals surface area (Å²) in [4.78, 5) is 17.5. The highest BCUT2D eigenvalue weighted by atomic mass is 16.6. The monoisotopic (exact) mass is 275 g/mol. The van der Waals surface area contributed by atoms with Crippen LogP contribution in [0.1, 0.15) is 12.1 Å². The van der Waals surface area contributed by atoms with E-state index in [1.807, 2.05) is 13.1 Å². The van der Waals surface area contributed by atoms with Crippen molar-refractivity contribution in [2.45, 2.75) is 19.0 Å². The van der Waals surface area contributed by atoms with Gasteiger partial charge in [0, 0.05) is 25.2 Å². The average Bonchev–Trinajstić information content (AvgIpc) is 3.05. The van der Waals surface area contributed by atoms with Crippen molar-refractivity contribution in [1.82, 2.24) is 19.6 Å². The molecule has 1 fully saturated rings. The van der Waals surface area contributed by atoms with Crippen LogP contribution in [0.2, 0.25) is 0 Å². The molecule has 1 N–H and O–H groups in total. The van der Waals surface area contributed by atoms with Gasteiger partial charge in [-0.25, -0.2) is 4.98 Å². The zero-order chi connectivity index (χ0) is 14.1. The third kappa shape index (κ3) is 2.25. The third-order valence-electron chi connectivity index (χ3n) is 3.80. The summed E-state index contributed by atoms with van der Waals surface area (Å²) in [7, 11) is 1.99. The molecule has 7 heteroatoms. The predicted octanol–water partition coefficient (Wildman–Crippen LogP) is 1.04. The summed E-state index contributed by atoms with van der Waals surface area (Å²) < 4.78 is 1.54. The van der Waals surface area contributed by atoms with Crippen LogP contribution in [-0.4, -0.2) is 45.4 Å². The maximum atomic E-state index is 11.3. The fourth-order valence-corrected chi connectivity index (χ4v) is 2.71. The number of likely N-dealkylation sites (N-methyl/N-ethyl adjacent to an activating group) is 1. The van der Waals surface area contributed by atoms with E-state index >= 15 is 0 Å². The second-order valence-corrected chi connectivity index (χ2v) is 5.13. The molecule has 0 bridgehead atoms. The summed E-state index contributed by atoms with van der Waals surface area (Å²) in [5.74, 6) is 0.0680. The second-order valence-electron chi connectivity index (χ2n) is 5.13. The molecule has 3 rings (SSSR count). The molecule has 106 valence electrons. The summed E-state index contributed by atoms with van der Waals surface area (Å²) in [5.41, 5.74) is 1.14. The van der Waals surface area contributed by atoms with Gasteiger partial charge in [0.25, 0.3) is 0 Å². The van der Waals surface area contributed by atoms with Crippen molar-refractivity contribution in [2.24, 2.45) is 0 Å². The Morgan fingerprint density at radius 2 is 2.45 bits per heavy atom. The second kappa shape index (κ2) is 5.18. The van der Waals surface area contributed by atoms with Crippen LogP contribution in [-0.2, 0) is 6.54 Å². The summed E-state index contributed by atoms with van der Waals surface area (Å²) in [6, 6.07) is 5.81. The quantitative estimate of drug-likeness (QED) is 0.666. The number of hydrogen-bond donors (Lipinski definition) is 1. The Balaban J connectivity index is 1.93. The Morgan fingerprint density at radius 1 is 1.60 bits per heavy atom. The van der Waals surface area contributed by atoms with Crippen molar-refractivity contribution < 1.29 is 4.92 Å². The summed E-state index contributed by atoms with van der Waals surface area (Å²) in [6.45, 7) is 2.42.